The smallest absolute Gasteiger partial charge is 0.138 e. The molecule has 0 spiro atoms. The van der Waals surface area contributed by atoms with E-state index >= 15 is 0 Å². The van der Waals surface area contributed by atoms with Crippen molar-refractivity contribution in [3.63, 3.8) is 0 Å². The molecule has 4 nitrogen and oxygen atoms in total. The summed E-state index contributed by atoms with van der Waals surface area (Å²) in [7, 11) is 0.491. The third kappa shape index (κ3) is 6.02. The summed E-state index contributed by atoms with van der Waals surface area (Å²) >= 11 is 6.45. The molecule has 0 bridgehead atoms. The zero-order valence-electron chi connectivity index (χ0n) is 16.7. The molecule has 0 aromatic heterocycles. The van der Waals surface area contributed by atoms with Crippen molar-refractivity contribution in [2.45, 2.75) is 23.8 Å². The van der Waals surface area contributed by atoms with Crippen molar-refractivity contribution in [1.82, 2.24) is 4.31 Å². The summed E-state index contributed by atoms with van der Waals surface area (Å²) in [6.07, 6.45) is 1.20. The third-order valence-corrected chi connectivity index (χ3v) is 6.44. The van der Waals surface area contributed by atoms with Crippen molar-refractivity contribution in [3.8, 4) is 5.75 Å². The number of likely N-dealkylation sites (N-methyl/N-ethyl adjacent to an activating group) is 1. The van der Waals surface area contributed by atoms with E-state index in [0.717, 1.165) is 22.3 Å². The number of halogens is 1. The van der Waals surface area contributed by atoms with Crippen LogP contribution < -0.4 is 4.74 Å². The van der Waals surface area contributed by atoms with Gasteiger partial charge in [-0.2, -0.15) is 0 Å². The molecule has 3 aromatic rings. The van der Waals surface area contributed by atoms with Gasteiger partial charge in [-0.1, -0.05) is 66.2 Å². The third-order valence-electron chi connectivity index (χ3n) is 4.75. The van der Waals surface area contributed by atoms with Crippen LogP contribution >= 0.6 is 11.6 Å². The Morgan fingerprint density at radius 1 is 1.03 bits per heavy atom. The number of hydrogen-bond acceptors (Lipinski definition) is 3. The van der Waals surface area contributed by atoms with Crippen molar-refractivity contribution in [1.29, 1.82) is 0 Å². The maximum atomic E-state index is 12.8. The highest BCUT2D eigenvalue weighted by Crippen LogP contribution is 2.31. The van der Waals surface area contributed by atoms with E-state index in [1.54, 1.807) is 11.4 Å². The summed E-state index contributed by atoms with van der Waals surface area (Å²) in [5.74, 6) is 0.469. The number of hydrogen-bond donors (Lipinski definition) is 0. The number of ether oxygens (including phenoxy) is 1. The van der Waals surface area contributed by atoms with Gasteiger partial charge in [0.05, 0.1) is 9.92 Å². The Hall–Kier alpha value is -2.47. The molecule has 0 heterocycles. The van der Waals surface area contributed by atoms with Crippen molar-refractivity contribution in [2.75, 3.05) is 13.6 Å². The molecule has 0 aliphatic rings. The van der Waals surface area contributed by atoms with Gasteiger partial charge < -0.3 is 9.53 Å². The molecular formula is C24H24ClNO3S. The van der Waals surface area contributed by atoms with Crippen LogP contribution in [0.15, 0.2) is 83.8 Å². The minimum Gasteiger partial charge on any atom is -0.487 e. The summed E-state index contributed by atoms with van der Waals surface area (Å²) < 4.78 is 20.3. The van der Waals surface area contributed by atoms with Crippen LogP contribution in [0.5, 0.6) is 5.75 Å². The van der Waals surface area contributed by atoms with Crippen LogP contribution in [0.1, 0.15) is 23.5 Å². The molecule has 0 aliphatic carbocycles. The first-order chi connectivity index (χ1) is 14.6. The maximum absolute atomic E-state index is 12.8. The summed E-state index contributed by atoms with van der Waals surface area (Å²) in [5.41, 5.74) is 1.97. The van der Waals surface area contributed by atoms with Crippen LogP contribution in [0.4, 0.5) is 0 Å². The minimum atomic E-state index is -1.30. The Morgan fingerprint density at radius 2 is 1.70 bits per heavy atom. The molecule has 0 radical (unpaired) electrons. The molecule has 0 saturated carbocycles. The van der Waals surface area contributed by atoms with Gasteiger partial charge in [0.1, 0.15) is 29.6 Å². The molecule has 0 fully saturated rings. The topological polar surface area (TPSA) is 46.6 Å². The predicted molar refractivity (Wildman–Crippen MR) is 121 cm³/mol. The lowest BCUT2D eigenvalue weighted by Gasteiger charge is -2.23. The predicted octanol–water partition coefficient (Wildman–Crippen LogP) is 5.25. The fourth-order valence-electron chi connectivity index (χ4n) is 3.15. The SMILES string of the molecule is CN(CC(CC=O)c1ccc(OCc2ccccc2)c(Cl)c1)S(=O)c1ccccc1. The highest BCUT2D eigenvalue weighted by atomic mass is 35.5. The largest absolute Gasteiger partial charge is 0.487 e. The number of aldehydes is 1. The van der Waals surface area contributed by atoms with Gasteiger partial charge >= 0.3 is 0 Å². The van der Waals surface area contributed by atoms with Crippen LogP contribution in [0.2, 0.25) is 5.02 Å². The van der Waals surface area contributed by atoms with E-state index in [9.17, 15) is 9.00 Å². The summed E-state index contributed by atoms with van der Waals surface area (Å²) in [5, 5.41) is 0.492. The number of carbonyl (C=O) groups excluding carboxylic acids is 1. The number of carbonyl (C=O) groups is 1. The normalized spacial score (nSPS) is 13.0. The van der Waals surface area contributed by atoms with Gasteiger partial charge in [0, 0.05) is 25.9 Å². The lowest BCUT2D eigenvalue weighted by atomic mass is 9.96. The van der Waals surface area contributed by atoms with E-state index in [0.29, 0.717) is 30.3 Å². The van der Waals surface area contributed by atoms with Crippen LogP contribution in [-0.4, -0.2) is 28.4 Å². The molecule has 0 saturated heterocycles. The molecule has 2 atom stereocenters. The molecule has 3 rings (SSSR count). The maximum Gasteiger partial charge on any atom is 0.138 e. The lowest BCUT2D eigenvalue weighted by molar-refractivity contribution is -0.108. The van der Waals surface area contributed by atoms with Gasteiger partial charge in [-0.15, -0.1) is 0 Å². The quantitative estimate of drug-likeness (QED) is 0.404. The van der Waals surface area contributed by atoms with Gasteiger partial charge in [0.2, 0.25) is 0 Å². The molecule has 6 heteroatoms. The first-order valence-corrected chi connectivity index (χ1v) is 11.1. The van der Waals surface area contributed by atoms with Gasteiger partial charge in [-0.25, -0.2) is 8.51 Å². The zero-order chi connectivity index (χ0) is 21.3. The second kappa shape index (κ2) is 11.1. The van der Waals surface area contributed by atoms with Gasteiger partial charge in [0.25, 0.3) is 0 Å². The average molecular weight is 442 g/mol. The molecule has 0 amide bonds. The van der Waals surface area contributed by atoms with E-state index in [4.69, 9.17) is 16.3 Å². The molecule has 3 aromatic carbocycles. The fraction of sp³-hybridized carbons (Fsp3) is 0.208. The first-order valence-electron chi connectivity index (χ1n) is 9.66. The number of rotatable bonds is 10. The van der Waals surface area contributed by atoms with Crippen molar-refractivity contribution >= 4 is 28.9 Å². The summed E-state index contributed by atoms with van der Waals surface area (Å²) in [4.78, 5) is 12.0. The van der Waals surface area contributed by atoms with E-state index in [-0.39, 0.29) is 5.92 Å². The average Bonchev–Trinajstić information content (AvgIpc) is 2.78. The summed E-state index contributed by atoms with van der Waals surface area (Å²) in [6, 6.07) is 24.7. The molecule has 0 aliphatic heterocycles. The molecular weight excluding hydrogens is 418 g/mol. The van der Waals surface area contributed by atoms with E-state index in [2.05, 4.69) is 0 Å². The van der Waals surface area contributed by atoms with Gasteiger partial charge in [-0.05, 0) is 35.4 Å². The van der Waals surface area contributed by atoms with Crippen molar-refractivity contribution in [3.05, 3.63) is 95.0 Å². The van der Waals surface area contributed by atoms with Crippen LogP contribution in [-0.2, 0) is 22.4 Å². The van der Waals surface area contributed by atoms with Crippen LogP contribution in [0, 0.1) is 0 Å². The molecule has 0 N–H and O–H groups in total. The van der Waals surface area contributed by atoms with E-state index in [1.165, 1.54) is 0 Å². The molecule has 156 valence electrons. The summed E-state index contributed by atoms with van der Waals surface area (Å²) in [6.45, 7) is 0.886. The van der Waals surface area contributed by atoms with Gasteiger partial charge in [0.15, 0.2) is 0 Å². The number of benzene rings is 3. The van der Waals surface area contributed by atoms with Crippen molar-refractivity contribution in [2.24, 2.45) is 0 Å². The minimum absolute atomic E-state index is 0.124. The standard InChI is InChI=1S/C24H24ClNO3S/c1-26(30(28)22-10-6-3-7-11-22)17-21(14-15-27)20-12-13-24(23(25)16-20)29-18-19-8-4-2-5-9-19/h2-13,15-16,21H,14,17-18H2,1H3. The Labute approximate surface area is 185 Å². The molecule has 30 heavy (non-hydrogen) atoms. The highest BCUT2D eigenvalue weighted by Gasteiger charge is 2.19. The van der Waals surface area contributed by atoms with E-state index in [1.807, 2.05) is 78.9 Å². The Balaban J connectivity index is 1.70. The van der Waals surface area contributed by atoms with Crippen molar-refractivity contribution < 1.29 is 13.7 Å². The van der Waals surface area contributed by atoms with Crippen LogP contribution in [0.3, 0.4) is 0 Å². The monoisotopic (exact) mass is 441 g/mol. The van der Waals surface area contributed by atoms with E-state index < -0.39 is 11.0 Å². The highest BCUT2D eigenvalue weighted by molar-refractivity contribution is 7.82. The van der Waals surface area contributed by atoms with Gasteiger partial charge in [-0.3, -0.25) is 0 Å². The van der Waals surface area contributed by atoms with Crippen LogP contribution in [0.25, 0.3) is 0 Å². The Bertz CT molecular complexity index is 982. The zero-order valence-corrected chi connectivity index (χ0v) is 18.3. The molecule has 2 unspecified atom stereocenters. The second-order valence-electron chi connectivity index (χ2n) is 6.94. The second-order valence-corrected chi connectivity index (χ2v) is 8.94. The Kier molecular flexibility index (Phi) is 8.20. The lowest BCUT2D eigenvalue weighted by Crippen LogP contribution is -2.27. The fourth-order valence-corrected chi connectivity index (χ4v) is 4.46. The Morgan fingerprint density at radius 3 is 2.33 bits per heavy atom. The number of nitrogens with zero attached hydrogens (tertiary/aromatic N) is 1. The first kappa shape index (κ1) is 22.2.